The number of nitrogens with one attached hydrogen (secondary N) is 2. The number of hydrogen-bond donors (Lipinski definition) is 8. The number of aromatic nitrogens is 2. The molecule has 7 rings (SSSR count). The first kappa shape index (κ1) is 52.1. The van der Waals surface area contributed by atoms with Crippen LogP contribution in [0.2, 0.25) is 0 Å². The summed E-state index contributed by atoms with van der Waals surface area (Å²) >= 11 is 0. The van der Waals surface area contributed by atoms with Crippen molar-refractivity contribution in [2.24, 2.45) is 0 Å². The molecule has 16 heteroatoms. The number of pyridine rings is 2. The Bertz CT molecular complexity index is 2630. The van der Waals surface area contributed by atoms with Crippen LogP contribution in [0.4, 0.5) is 11.4 Å². The summed E-state index contributed by atoms with van der Waals surface area (Å²) in [6.07, 6.45) is 4.84. The van der Waals surface area contributed by atoms with Gasteiger partial charge in [-0.1, -0.05) is 91.8 Å². The number of rotatable bonds is 14. The molecule has 14 nitrogen and oxygen atoms in total. The van der Waals surface area contributed by atoms with Gasteiger partial charge in [0.2, 0.25) is 0 Å². The maximum absolute atomic E-state index is 13.2. The summed E-state index contributed by atoms with van der Waals surface area (Å²) in [6, 6.07) is 24.8. The summed E-state index contributed by atoms with van der Waals surface area (Å²) in [7, 11) is -9.71. The third-order valence-corrected chi connectivity index (χ3v) is 14.5. The molecule has 0 spiro atoms. The average Bonchev–Trinajstić information content (AvgIpc) is 3.28. The molecule has 0 radical (unpaired) electrons. The molecule has 8 bridgehead atoms. The normalized spacial score (nSPS) is 14.1. The summed E-state index contributed by atoms with van der Waals surface area (Å²) in [5.41, 5.74) is 6.91. The van der Waals surface area contributed by atoms with Crippen molar-refractivity contribution < 1.29 is 48.4 Å². The van der Waals surface area contributed by atoms with E-state index in [0.29, 0.717) is 71.2 Å². The molecule has 2 aromatic heterocycles. The van der Waals surface area contributed by atoms with E-state index in [2.05, 4.69) is 86.4 Å². The highest BCUT2D eigenvalue weighted by molar-refractivity contribution is 7.52. The van der Waals surface area contributed by atoms with Crippen LogP contribution in [0, 0.1) is 0 Å². The predicted octanol–water partition coefficient (Wildman–Crippen LogP) is 11.3. The maximum Gasteiger partial charge on any atom is 0.353 e. The Hall–Kier alpha value is -5.72. The number of phenolic OH excluding ortho intramolecular Hbond substituents is 2. The lowest BCUT2D eigenvalue weighted by molar-refractivity contribution is 0.311. The fourth-order valence-corrected chi connectivity index (χ4v) is 10.4. The fraction of sp³-hybridized carbons (Fsp3) is 0.370. The third-order valence-electron chi connectivity index (χ3n) is 12.4. The van der Waals surface area contributed by atoms with Gasteiger partial charge in [-0.3, -0.25) is 19.1 Å². The first-order valence-electron chi connectivity index (χ1n) is 23.7. The highest BCUT2D eigenvalue weighted by atomic mass is 31.2. The third kappa shape index (κ3) is 12.2. The van der Waals surface area contributed by atoms with E-state index < -0.39 is 26.8 Å². The lowest BCUT2D eigenvalue weighted by Gasteiger charge is -2.27. The van der Waals surface area contributed by atoms with Gasteiger partial charge in [-0.25, -0.2) is 0 Å². The molecule has 0 saturated heterocycles. The lowest BCUT2D eigenvalue weighted by Crippen LogP contribution is -2.16. The number of aromatic hydroxyl groups is 2. The maximum atomic E-state index is 13.2. The van der Waals surface area contributed by atoms with Gasteiger partial charge < -0.3 is 49.9 Å². The minimum Gasteiger partial charge on any atom is -0.507 e. The molecule has 0 amide bonds. The van der Waals surface area contributed by atoms with Crippen molar-refractivity contribution in [2.45, 2.75) is 116 Å². The zero-order chi connectivity index (χ0) is 50.8. The van der Waals surface area contributed by atoms with Crippen LogP contribution >= 0.6 is 15.2 Å². The summed E-state index contributed by atoms with van der Waals surface area (Å²) in [4.78, 5) is 51.6. The molecule has 1 aliphatic carbocycles. The molecule has 6 aromatic rings. The monoisotopic (exact) mass is 992 g/mol. The van der Waals surface area contributed by atoms with Gasteiger partial charge in [0.15, 0.2) is 11.6 Å². The van der Waals surface area contributed by atoms with Gasteiger partial charge in [0.1, 0.15) is 23.0 Å². The molecular formula is C54H66N4O10P2. The second kappa shape index (κ2) is 20.9. The molecular weight excluding hydrogens is 927 g/mol. The van der Waals surface area contributed by atoms with Gasteiger partial charge in [0.05, 0.1) is 24.6 Å². The van der Waals surface area contributed by atoms with E-state index in [1.807, 2.05) is 13.8 Å². The Morgan fingerprint density at radius 2 is 0.843 bits per heavy atom. The molecule has 2 heterocycles. The van der Waals surface area contributed by atoms with E-state index in [0.717, 1.165) is 33.4 Å². The summed E-state index contributed by atoms with van der Waals surface area (Å²) in [5, 5.41) is 31.3. The molecule has 70 heavy (non-hydrogen) atoms. The van der Waals surface area contributed by atoms with Crippen molar-refractivity contribution in [3.05, 3.63) is 164 Å². The van der Waals surface area contributed by atoms with E-state index in [1.54, 1.807) is 60.7 Å². The largest absolute Gasteiger partial charge is 0.507 e. The smallest absolute Gasteiger partial charge is 0.353 e. The van der Waals surface area contributed by atoms with Crippen LogP contribution in [0.5, 0.6) is 23.0 Å². The topological polar surface area (TPSA) is 224 Å². The number of hydrogen-bond acceptors (Lipinski definition) is 10. The van der Waals surface area contributed by atoms with Crippen LogP contribution < -0.4 is 20.1 Å². The Kier molecular flexibility index (Phi) is 15.6. The molecule has 0 aliphatic heterocycles. The van der Waals surface area contributed by atoms with Crippen LogP contribution in [0.3, 0.4) is 0 Å². The molecule has 372 valence electrons. The Morgan fingerprint density at radius 3 is 1.09 bits per heavy atom. The Labute approximate surface area is 410 Å². The first-order valence-corrected chi connectivity index (χ1v) is 27.0. The average molecular weight is 993 g/mol. The van der Waals surface area contributed by atoms with Gasteiger partial charge in [0.25, 0.3) is 0 Å². The second-order valence-electron chi connectivity index (χ2n) is 20.2. The van der Waals surface area contributed by atoms with Gasteiger partial charge in [0, 0.05) is 71.7 Å². The van der Waals surface area contributed by atoms with E-state index >= 15 is 0 Å². The number of ether oxygens (including phenoxy) is 2. The number of phenols is 2. The zero-order valence-electron chi connectivity index (χ0n) is 41.2. The van der Waals surface area contributed by atoms with Gasteiger partial charge in [-0.2, -0.15) is 0 Å². The lowest BCUT2D eigenvalue weighted by atomic mass is 9.81. The van der Waals surface area contributed by atoms with Gasteiger partial charge >= 0.3 is 15.2 Å². The highest BCUT2D eigenvalue weighted by Gasteiger charge is 2.34. The number of benzene rings is 4. The van der Waals surface area contributed by atoms with Crippen molar-refractivity contribution in [3.8, 4) is 23.0 Å². The summed E-state index contributed by atoms with van der Waals surface area (Å²) in [6.45, 7) is 17.2. The second-order valence-corrected chi connectivity index (χ2v) is 23.6. The standard InChI is InChI=1S/C54H66N4O10P2/c1-9-19-67-49-37-21-33-29-43(57-51(69(61,62)63)45-15-11-13-17-55-45)31-35(47(33)59)23-39-27-42(54(6,7)8)28-40(50(39)68-20-10-2)24-36-32-44(58-52(70(64,65)66)46-16-12-14-18-56-46)30-34(48(36)60)22-38(49)26-41(25-37)53(3,4)5/h11-18,25-32,51-52,57-60H,9-10,19-24H2,1-8H3,(H2,61,62,63)(H2,64,65,66)/t51-,52-/m0/s1. The van der Waals surface area contributed by atoms with Crippen LogP contribution in [0.25, 0.3) is 0 Å². The van der Waals surface area contributed by atoms with Crippen molar-refractivity contribution >= 4 is 26.6 Å². The summed E-state index contributed by atoms with van der Waals surface area (Å²) in [5.74, 6) is -1.92. The van der Waals surface area contributed by atoms with Gasteiger partial charge in [-0.05, 0) is 106 Å². The fourth-order valence-electron chi connectivity index (χ4n) is 8.78. The SMILES string of the molecule is CCCOc1c2cc(C(C)(C)C)cc1Cc1cc(N[C@H](c3ccccn3)P(=O)(O)O)cc(c1O)Cc1cc(C(C)(C)C)cc(c1OCCC)Cc1cc(N[C@H](c3ccccn3)P(=O)(O)O)cc(c1O)C2. The number of fused-ring (bicyclic) bond motifs is 8. The van der Waals surface area contributed by atoms with Crippen molar-refractivity contribution in [1.82, 2.24) is 9.97 Å². The molecule has 2 atom stereocenters. The summed E-state index contributed by atoms with van der Waals surface area (Å²) < 4.78 is 39.7. The van der Waals surface area contributed by atoms with Crippen LogP contribution in [0.1, 0.15) is 147 Å². The first-order chi connectivity index (χ1) is 32.9. The van der Waals surface area contributed by atoms with Crippen LogP contribution in [-0.2, 0) is 45.6 Å². The zero-order valence-corrected chi connectivity index (χ0v) is 42.9. The van der Waals surface area contributed by atoms with E-state index in [9.17, 15) is 38.9 Å². The van der Waals surface area contributed by atoms with Crippen molar-refractivity contribution in [1.29, 1.82) is 0 Å². The molecule has 1 aliphatic rings. The molecule has 4 aromatic carbocycles. The predicted molar refractivity (Wildman–Crippen MR) is 275 cm³/mol. The molecule has 8 N–H and O–H groups in total. The van der Waals surface area contributed by atoms with Crippen molar-refractivity contribution in [2.75, 3.05) is 23.8 Å². The van der Waals surface area contributed by atoms with Crippen LogP contribution in [-0.4, -0.2) is 53.0 Å². The van der Waals surface area contributed by atoms with Crippen molar-refractivity contribution in [3.63, 3.8) is 0 Å². The number of anilines is 2. The Balaban J connectivity index is 1.55. The van der Waals surface area contributed by atoms with Crippen LogP contribution in [0.15, 0.2) is 97.3 Å². The Morgan fingerprint density at radius 1 is 0.529 bits per heavy atom. The molecule has 0 unspecified atom stereocenters. The number of nitrogens with zero attached hydrogens (tertiary/aromatic N) is 2. The highest BCUT2D eigenvalue weighted by Crippen LogP contribution is 2.53. The minimum atomic E-state index is -4.86. The van der Waals surface area contributed by atoms with E-state index in [-0.39, 0.29) is 59.4 Å². The molecule has 0 saturated carbocycles. The van der Waals surface area contributed by atoms with Gasteiger partial charge in [-0.15, -0.1) is 0 Å². The quantitative estimate of drug-likeness (QED) is 0.0375. The minimum absolute atomic E-state index is 0.00242. The van der Waals surface area contributed by atoms with E-state index in [1.165, 1.54) is 12.4 Å². The molecule has 0 fully saturated rings. The van der Waals surface area contributed by atoms with E-state index in [4.69, 9.17) is 9.47 Å².